The number of methoxy groups -OCH3 is 1. The normalized spacial score (nSPS) is 13.3. The molecule has 2 atom stereocenters. The molecule has 202 valence electrons. The van der Waals surface area contributed by atoms with Crippen molar-refractivity contribution in [1.82, 2.24) is 15.5 Å². The molecule has 0 fully saturated rings. The van der Waals surface area contributed by atoms with Crippen LogP contribution in [0.25, 0.3) is 0 Å². The Hall–Kier alpha value is -2.75. The van der Waals surface area contributed by atoms with Crippen molar-refractivity contribution in [2.45, 2.75) is 85.0 Å². The number of aryl methyl sites for hydroxylation is 2. The van der Waals surface area contributed by atoms with E-state index in [9.17, 15) is 19.2 Å². The summed E-state index contributed by atoms with van der Waals surface area (Å²) in [6.07, 6.45) is -0.252. The summed E-state index contributed by atoms with van der Waals surface area (Å²) in [4.78, 5) is 53.3. The second kappa shape index (κ2) is 13.0. The van der Waals surface area contributed by atoms with Crippen molar-refractivity contribution in [3.05, 3.63) is 34.9 Å². The lowest BCUT2D eigenvalue weighted by Gasteiger charge is -2.44. The summed E-state index contributed by atoms with van der Waals surface area (Å²) in [7, 11) is 1.23. The van der Waals surface area contributed by atoms with Gasteiger partial charge in [-0.2, -0.15) is 12.6 Å². The maximum absolute atomic E-state index is 14.0. The Balaban J connectivity index is 3.60. The third-order valence-corrected chi connectivity index (χ3v) is 6.15. The van der Waals surface area contributed by atoms with E-state index in [0.717, 1.165) is 11.1 Å². The molecule has 10 heteroatoms. The highest BCUT2D eigenvalue weighted by Crippen LogP contribution is 2.34. The summed E-state index contributed by atoms with van der Waals surface area (Å²) in [5.41, 5.74) is 0.843. The van der Waals surface area contributed by atoms with Crippen LogP contribution in [0.5, 0.6) is 0 Å². The molecule has 0 heterocycles. The van der Waals surface area contributed by atoms with E-state index in [4.69, 9.17) is 4.74 Å². The molecular weight excluding hydrogens is 482 g/mol. The lowest BCUT2D eigenvalue weighted by atomic mass is 9.90. The Bertz CT molecular complexity index is 957. The van der Waals surface area contributed by atoms with Gasteiger partial charge in [0.25, 0.3) is 0 Å². The lowest BCUT2D eigenvalue weighted by Crippen LogP contribution is -2.60. The number of rotatable bonds is 10. The molecular formula is C26H41N3O6S. The number of amides is 3. The molecule has 2 N–H and O–H groups in total. The van der Waals surface area contributed by atoms with Gasteiger partial charge in [-0.05, 0) is 66.0 Å². The Morgan fingerprint density at radius 2 is 1.69 bits per heavy atom. The van der Waals surface area contributed by atoms with E-state index in [1.165, 1.54) is 12.0 Å². The molecule has 1 rings (SSSR count). The average Bonchev–Trinajstić information content (AvgIpc) is 2.77. The van der Waals surface area contributed by atoms with Gasteiger partial charge in [-0.3, -0.25) is 14.4 Å². The Morgan fingerprint density at radius 3 is 2.17 bits per heavy atom. The highest BCUT2D eigenvalue weighted by Gasteiger charge is 2.43. The molecule has 1 aromatic rings. The number of carbonyl (C=O) groups is 4. The third-order valence-electron chi connectivity index (χ3n) is 5.79. The molecule has 0 aliphatic carbocycles. The van der Waals surface area contributed by atoms with Crippen LogP contribution in [0.2, 0.25) is 0 Å². The number of hydrogen-bond acceptors (Lipinski definition) is 7. The Morgan fingerprint density at radius 1 is 1.08 bits per heavy atom. The van der Waals surface area contributed by atoms with Crippen LogP contribution in [0.4, 0.5) is 4.79 Å². The van der Waals surface area contributed by atoms with Crippen molar-refractivity contribution in [1.29, 1.82) is 0 Å². The zero-order valence-corrected chi connectivity index (χ0v) is 23.7. The first-order valence-electron chi connectivity index (χ1n) is 11.9. The van der Waals surface area contributed by atoms with Crippen molar-refractivity contribution in [3.63, 3.8) is 0 Å². The number of hydrogen-bond donors (Lipinski definition) is 3. The molecule has 2 unspecified atom stereocenters. The SMILES string of the molecule is CCC(C)(C)N(C(=O)C(CS)NC(=O)OC(C)(C)C)C(C(=O)NCC(=O)OC)c1ccc(C)cc1C. The highest BCUT2D eigenvalue weighted by molar-refractivity contribution is 7.80. The van der Waals surface area contributed by atoms with Crippen LogP contribution in [0.15, 0.2) is 18.2 Å². The molecule has 0 aliphatic heterocycles. The summed E-state index contributed by atoms with van der Waals surface area (Å²) in [6, 6.07) is 3.44. The summed E-state index contributed by atoms with van der Waals surface area (Å²) in [5, 5.41) is 5.19. The monoisotopic (exact) mass is 523 g/mol. The molecule has 0 bridgehead atoms. The van der Waals surface area contributed by atoms with Crippen LogP contribution >= 0.6 is 12.6 Å². The van der Waals surface area contributed by atoms with Gasteiger partial charge >= 0.3 is 12.1 Å². The molecule has 0 saturated carbocycles. The first-order chi connectivity index (χ1) is 16.6. The number of esters is 1. The predicted octanol–water partition coefficient (Wildman–Crippen LogP) is 3.47. The van der Waals surface area contributed by atoms with Gasteiger partial charge in [0, 0.05) is 11.3 Å². The molecule has 36 heavy (non-hydrogen) atoms. The van der Waals surface area contributed by atoms with E-state index in [1.54, 1.807) is 26.8 Å². The van der Waals surface area contributed by atoms with Gasteiger partial charge in [-0.1, -0.05) is 30.7 Å². The van der Waals surface area contributed by atoms with E-state index in [-0.39, 0.29) is 12.3 Å². The zero-order chi connectivity index (χ0) is 27.8. The number of ether oxygens (including phenoxy) is 2. The Kier molecular flexibility index (Phi) is 11.3. The van der Waals surface area contributed by atoms with Gasteiger partial charge in [0.1, 0.15) is 24.2 Å². The molecule has 0 saturated heterocycles. The van der Waals surface area contributed by atoms with Crippen LogP contribution in [0.3, 0.4) is 0 Å². The fourth-order valence-electron chi connectivity index (χ4n) is 3.61. The van der Waals surface area contributed by atoms with Crippen molar-refractivity contribution in [3.8, 4) is 0 Å². The third kappa shape index (κ3) is 8.72. The lowest BCUT2D eigenvalue weighted by molar-refractivity contribution is -0.149. The van der Waals surface area contributed by atoms with E-state index in [2.05, 4.69) is 28.0 Å². The Labute approximate surface area is 220 Å². The van der Waals surface area contributed by atoms with Crippen molar-refractivity contribution in [2.75, 3.05) is 19.4 Å². The van der Waals surface area contributed by atoms with E-state index in [0.29, 0.717) is 12.0 Å². The largest absolute Gasteiger partial charge is 0.468 e. The average molecular weight is 524 g/mol. The standard InChI is InChI=1S/C26H41N3O6S/c1-10-26(7,8)29(23(32)19(15-36)28-24(33)35-25(4,5)6)21(22(31)27-14-20(30)34-9)18-12-11-16(2)13-17(18)3/h11-13,19,21,36H,10,14-15H2,1-9H3,(H,27,31)(H,28,33). The maximum atomic E-state index is 14.0. The number of nitrogens with zero attached hydrogens (tertiary/aromatic N) is 1. The minimum absolute atomic E-state index is 0.0161. The summed E-state index contributed by atoms with van der Waals surface area (Å²) in [6.45, 7) is 14.2. The number of benzene rings is 1. The van der Waals surface area contributed by atoms with E-state index in [1.807, 2.05) is 46.8 Å². The van der Waals surface area contributed by atoms with Gasteiger partial charge in [0.15, 0.2) is 0 Å². The first-order valence-corrected chi connectivity index (χ1v) is 12.6. The molecule has 0 radical (unpaired) electrons. The minimum atomic E-state index is -1.08. The van der Waals surface area contributed by atoms with Crippen molar-refractivity contribution >= 4 is 36.5 Å². The maximum Gasteiger partial charge on any atom is 0.408 e. The van der Waals surface area contributed by atoms with Crippen LogP contribution in [-0.4, -0.2) is 65.4 Å². The molecule has 0 aromatic heterocycles. The van der Waals surface area contributed by atoms with E-state index < -0.39 is 47.1 Å². The van der Waals surface area contributed by atoms with Crippen LogP contribution < -0.4 is 10.6 Å². The molecule has 1 aromatic carbocycles. The second-order valence-corrected chi connectivity index (χ2v) is 10.7. The van der Waals surface area contributed by atoms with Gasteiger partial charge in [-0.15, -0.1) is 0 Å². The molecule has 0 aliphatic rings. The number of carbonyl (C=O) groups excluding carboxylic acids is 4. The van der Waals surface area contributed by atoms with Crippen molar-refractivity contribution < 1.29 is 28.7 Å². The predicted molar refractivity (Wildman–Crippen MR) is 142 cm³/mol. The fraction of sp³-hybridized carbons (Fsp3) is 0.615. The van der Waals surface area contributed by atoms with Crippen LogP contribution in [0.1, 0.15) is 70.7 Å². The van der Waals surface area contributed by atoms with Crippen molar-refractivity contribution in [2.24, 2.45) is 0 Å². The zero-order valence-electron chi connectivity index (χ0n) is 22.9. The second-order valence-electron chi connectivity index (χ2n) is 10.3. The smallest absolute Gasteiger partial charge is 0.408 e. The van der Waals surface area contributed by atoms with Crippen LogP contribution in [0, 0.1) is 13.8 Å². The quantitative estimate of drug-likeness (QED) is 0.320. The summed E-state index contributed by atoms with van der Waals surface area (Å²) in [5.74, 6) is -1.67. The first kappa shape index (κ1) is 31.3. The topological polar surface area (TPSA) is 114 Å². The van der Waals surface area contributed by atoms with Gasteiger partial charge < -0.3 is 25.0 Å². The van der Waals surface area contributed by atoms with Gasteiger partial charge in [-0.25, -0.2) is 4.79 Å². The highest BCUT2D eigenvalue weighted by atomic mass is 32.1. The number of alkyl carbamates (subject to hydrolysis) is 1. The summed E-state index contributed by atoms with van der Waals surface area (Å²) >= 11 is 4.30. The number of nitrogens with one attached hydrogen (secondary N) is 2. The van der Waals surface area contributed by atoms with Gasteiger partial charge in [0.2, 0.25) is 11.8 Å². The minimum Gasteiger partial charge on any atom is -0.468 e. The number of thiol groups is 1. The molecule has 0 spiro atoms. The van der Waals surface area contributed by atoms with Gasteiger partial charge in [0.05, 0.1) is 7.11 Å². The molecule has 3 amide bonds. The van der Waals surface area contributed by atoms with Crippen LogP contribution in [-0.2, 0) is 23.9 Å². The van der Waals surface area contributed by atoms with E-state index >= 15 is 0 Å². The fourth-order valence-corrected chi connectivity index (χ4v) is 3.85. The molecule has 9 nitrogen and oxygen atoms in total. The summed E-state index contributed by atoms with van der Waals surface area (Å²) < 4.78 is 9.98.